The van der Waals surface area contributed by atoms with Crippen molar-refractivity contribution in [3.05, 3.63) is 130 Å². The molecular formula is C56H69ClN8O7. The molecule has 2 aromatic heterocycles. The van der Waals surface area contributed by atoms with E-state index in [1.165, 1.54) is 12.2 Å². The first-order valence-corrected chi connectivity index (χ1v) is 25.6. The minimum atomic E-state index is -0.767. The number of pyridine rings is 2. The second-order valence-electron chi connectivity index (χ2n) is 18.0. The minimum absolute atomic E-state index is 0.00663. The highest BCUT2D eigenvalue weighted by Gasteiger charge is 2.35. The standard InChI is InChI=1S/C56H69ClN8O7/c1-4-23-56(63-54(67)44(41-59)39-48-12-9-14-52(57)61-48,46-17-21-49(22-18-46)70-34-29-64-26-31-68-32-27-64)24-10-13-51-42-65(30-35-71-51)28-33-69-36-37-72-50-19-15-45(16-20-50)55(5-2,6-3)62-53(66)43(40-58)38-47-11-7-8-25-60-47/h7-9,11-12,14-22,25,38-39,51H,4-6,10,13,23-24,26-37,42H2,1-3H3,(H,62,66)(H,63,67)/b43-38+,44-39+. The zero-order valence-corrected chi connectivity index (χ0v) is 42.7. The molecule has 2 amide bonds. The molecule has 2 aliphatic rings. The number of rotatable bonds is 27. The van der Waals surface area contributed by atoms with Crippen LogP contribution in [0.4, 0.5) is 0 Å². The number of morpholine rings is 2. The predicted octanol–water partition coefficient (Wildman–Crippen LogP) is 8.27. The van der Waals surface area contributed by atoms with Crippen LogP contribution in [0, 0.1) is 22.7 Å². The fourth-order valence-electron chi connectivity index (χ4n) is 9.23. The maximum absolute atomic E-state index is 14.0. The number of aromatic nitrogens is 2. The van der Waals surface area contributed by atoms with E-state index in [-0.39, 0.29) is 22.4 Å². The van der Waals surface area contributed by atoms with Gasteiger partial charge in [0.05, 0.1) is 61.6 Å². The van der Waals surface area contributed by atoms with E-state index in [0.29, 0.717) is 75.9 Å². The number of nitrogens with zero attached hydrogens (tertiary/aromatic N) is 6. The van der Waals surface area contributed by atoms with Gasteiger partial charge in [-0.3, -0.25) is 24.4 Å². The summed E-state index contributed by atoms with van der Waals surface area (Å²) in [7, 11) is 0. The maximum atomic E-state index is 14.0. The van der Waals surface area contributed by atoms with E-state index in [9.17, 15) is 20.1 Å². The van der Waals surface area contributed by atoms with Gasteiger partial charge in [0, 0.05) is 45.5 Å². The van der Waals surface area contributed by atoms with Crippen LogP contribution in [0.3, 0.4) is 0 Å². The van der Waals surface area contributed by atoms with Gasteiger partial charge in [-0.05, 0) is 110 Å². The van der Waals surface area contributed by atoms with E-state index in [2.05, 4.69) is 43.4 Å². The second-order valence-corrected chi connectivity index (χ2v) is 18.4. The minimum Gasteiger partial charge on any atom is -0.492 e. The molecule has 72 heavy (non-hydrogen) atoms. The van der Waals surface area contributed by atoms with Gasteiger partial charge < -0.3 is 34.3 Å². The summed E-state index contributed by atoms with van der Waals surface area (Å²) in [6.45, 7) is 15.1. The molecule has 2 N–H and O–H groups in total. The zero-order valence-electron chi connectivity index (χ0n) is 42.0. The molecule has 2 unspecified atom stereocenters. The van der Waals surface area contributed by atoms with Crippen LogP contribution in [0.5, 0.6) is 11.5 Å². The lowest BCUT2D eigenvalue weighted by molar-refractivity contribution is -0.120. The maximum Gasteiger partial charge on any atom is 0.262 e. The number of nitrogens with one attached hydrogen (secondary N) is 2. The van der Waals surface area contributed by atoms with Gasteiger partial charge in [-0.25, -0.2) is 4.98 Å². The number of amides is 2. The predicted molar refractivity (Wildman–Crippen MR) is 278 cm³/mol. The van der Waals surface area contributed by atoms with Crippen molar-refractivity contribution in [3.63, 3.8) is 0 Å². The molecule has 2 atom stereocenters. The smallest absolute Gasteiger partial charge is 0.262 e. The second kappa shape index (κ2) is 28.8. The molecule has 0 spiro atoms. The van der Waals surface area contributed by atoms with E-state index >= 15 is 0 Å². The Balaban J connectivity index is 0.988. The fraction of sp³-hybridized carbons (Fsp3) is 0.464. The van der Waals surface area contributed by atoms with Crippen LogP contribution in [-0.2, 0) is 34.9 Å². The van der Waals surface area contributed by atoms with Crippen molar-refractivity contribution < 1.29 is 33.3 Å². The Morgan fingerprint density at radius 1 is 0.736 bits per heavy atom. The summed E-state index contributed by atoms with van der Waals surface area (Å²) in [5.41, 5.74) is 1.34. The van der Waals surface area contributed by atoms with Crippen molar-refractivity contribution in [2.75, 3.05) is 85.5 Å². The van der Waals surface area contributed by atoms with Crippen molar-refractivity contribution >= 4 is 35.6 Å². The summed E-state index contributed by atoms with van der Waals surface area (Å²) in [6, 6.07) is 30.2. The van der Waals surface area contributed by atoms with Crippen LogP contribution in [0.25, 0.3) is 12.2 Å². The quantitative estimate of drug-likeness (QED) is 0.0252. The molecule has 2 aliphatic heterocycles. The number of hydrogen-bond donors (Lipinski definition) is 2. The van der Waals surface area contributed by atoms with Crippen LogP contribution < -0.4 is 20.1 Å². The molecule has 0 aliphatic carbocycles. The first-order valence-electron chi connectivity index (χ1n) is 25.2. The number of carbonyl (C=O) groups is 2. The summed E-state index contributed by atoms with van der Waals surface area (Å²) in [4.78, 5) is 40.5. The summed E-state index contributed by atoms with van der Waals surface area (Å²) >= 11 is 6.13. The van der Waals surface area contributed by atoms with Gasteiger partial charge in [-0.1, -0.05) is 75.2 Å². The van der Waals surface area contributed by atoms with Crippen LogP contribution >= 0.6 is 11.6 Å². The highest BCUT2D eigenvalue weighted by atomic mass is 35.5. The van der Waals surface area contributed by atoms with Gasteiger partial charge in [0.2, 0.25) is 0 Å². The lowest BCUT2D eigenvalue weighted by Gasteiger charge is -2.37. The van der Waals surface area contributed by atoms with Crippen LogP contribution in [-0.4, -0.2) is 123 Å². The first kappa shape index (κ1) is 55.1. The average molecular weight is 1000 g/mol. The van der Waals surface area contributed by atoms with Crippen LogP contribution in [0.1, 0.15) is 88.2 Å². The molecule has 4 aromatic rings. The Hall–Kier alpha value is -6.17. The lowest BCUT2D eigenvalue weighted by Crippen LogP contribution is -2.47. The van der Waals surface area contributed by atoms with E-state index < -0.39 is 22.9 Å². The normalized spacial score (nSPS) is 16.7. The van der Waals surface area contributed by atoms with Crippen LogP contribution in [0.2, 0.25) is 5.15 Å². The van der Waals surface area contributed by atoms with Gasteiger partial charge in [0.25, 0.3) is 11.8 Å². The van der Waals surface area contributed by atoms with Crippen LogP contribution in [0.15, 0.2) is 102 Å². The molecule has 0 saturated carbocycles. The van der Waals surface area contributed by atoms with Crippen molar-refractivity contribution in [2.24, 2.45) is 0 Å². The topological polar surface area (TPSA) is 184 Å². The molecule has 382 valence electrons. The van der Waals surface area contributed by atoms with Gasteiger partial charge in [-0.2, -0.15) is 10.5 Å². The molecule has 2 aromatic carbocycles. The van der Waals surface area contributed by atoms with Crippen molar-refractivity contribution in [3.8, 4) is 23.6 Å². The van der Waals surface area contributed by atoms with E-state index in [4.69, 9.17) is 35.3 Å². The van der Waals surface area contributed by atoms with E-state index in [0.717, 1.165) is 88.6 Å². The largest absolute Gasteiger partial charge is 0.492 e. The lowest BCUT2D eigenvalue weighted by atomic mass is 9.80. The first-order chi connectivity index (χ1) is 35.1. The summed E-state index contributed by atoms with van der Waals surface area (Å²) < 4.78 is 29.9. The number of benzene rings is 2. The highest BCUT2D eigenvalue weighted by Crippen LogP contribution is 2.35. The van der Waals surface area contributed by atoms with Gasteiger partial charge in [0.15, 0.2) is 0 Å². The molecule has 4 heterocycles. The Labute approximate surface area is 430 Å². The Bertz CT molecular complexity index is 2470. The molecule has 6 rings (SSSR count). The third-order valence-electron chi connectivity index (χ3n) is 13.3. The number of halogens is 1. The SMILES string of the molecule is CCCC(CCCC1CN(CCOCCOc2ccc(C(CC)(CC)NC(=O)/C(C#N)=C/c3ccccn3)cc2)CCO1)(NC(=O)/C(C#N)=C/c1cccc(Cl)n1)c1ccc(OCCN2CCOCC2)cc1. The Morgan fingerprint density at radius 3 is 1.97 bits per heavy atom. The van der Waals surface area contributed by atoms with Gasteiger partial charge in [-0.15, -0.1) is 0 Å². The third kappa shape index (κ3) is 16.4. The van der Waals surface area contributed by atoms with E-state index in [1.807, 2.05) is 74.5 Å². The van der Waals surface area contributed by atoms with E-state index in [1.54, 1.807) is 36.5 Å². The Morgan fingerprint density at radius 2 is 1.35 bits per heavy atom. The molecular weight excluding hydrogens is 932 g/mol. The Kier molecular flexibility index (Phi) is 22.0. The molecule has 0 radical (unpaired) electrons. The zero-order chi connectivity index (χ0) is 51.0. The number of nitriles is 2. The number of ether oxygens (including phenoxy) is 5. The average Bonchev–Trinajstić information content (AvgIpc) is 3.41. The molecule has 2 fully saturated rings. The monoisotopic (exact) mass is 1000 g/mol. The third-order valence-corrected chi connectivity index (χ3v) is 13.5. The summed E-state index contributed by atoms with van der Waals surface area (Å²) in [6.07, 6.45) is 9.49. The van der Waals surface area contributed by atoms with Crippen molar-refractivity contribution in [2.45, 2.75) is 82.9 Å². The molecule has 2 saturated heterocycles. The number of hydrogen-bond acceptors (Lipinski definition) is 13. The summed E-state index contributed by atoms with van der Waals surface area (Å²) in [5.74, 6) is 0.528. The molecule has 0 bridgehead atoms. The fourth-order valence-corrected chi connectivity index (χ4v) is 9.40. The molecule has 15 nitrogen and oxygen atoms in total. The number of carbonyl (C=O) groups excluding carboxylic acids is 2. The van der Waals surface area contributed by atoms with Gasteiger partial charge >= 0.3 is 0 Å². The van der Waals surface area contributed by atoms with Gasteiger partial charge in [0.1, 0.15) is 53.2 Å². The van der Waals surface area contributed by atoms with Crippen molar-refractivity contribution in [1.82, 2.24) is 30.4 Å². The van der Waals surface area contributed by atoms with Crippen molar-refractivity contribution in [1.29, 1.82) is 10.5 Å². The highest BCUT2D eigenvalue weighted by molar-refractivity contribution is 6.29. The summed E-state index contributed by atoms with van der Waals surface area (Å²) in [5, 5.41) is 26.6. The molecule has 16 heteroatoms.